The molecule has 0 amide bonds. The van der Waals surface area contributed by atoms with Crippen LogP contribution in [0.15, 0.2) is 103 Å². The van der Waals surface area contributed by atoms with Crippen molar-refractivity contribution in [2.75, 3.05) is 5.73 Å². The van der Waals surface area contributed by atoms with E-state index in [1.165, 1.54) is 33.4 Å². The molecule has 0 aliphatic heterocycles. The van der Waals surface area contributed by atoms with Crippen LogP contribution in [0.1, 0.15) is 16.7 Å². The van der Waals surface area contributed by atoms with Gasteiger partial charge in [-0.25, -0.2) is 0 Å². The Morgan fingerprint density at radius 2 is 1.44 bits per heavy atom. The number of anilines is 1. The Morgan fingerprint density at radius 1 is 0.688 bits per heavy atom. The monoisotopic (exact) mass is 413 g/mol. The van der Waals surface area contributed by atoms with E-state index in [1.807, 2.05) is 24.3 Å². The first-order valence-electron chi connectivity index (χ1n) is 11.0. The molecule has 0 bridgehead atoms. The van der Waals surface area contributed by atoms with Crippen molar-refractivity contribution in [3.05, 3.63) is 120 Å². The van der Waals surface area contributed by atoms with E-state index in [-0.39, 0.29) is 0 Å². The standard InChI is InChI=1S/C30H23NO/c31-29-16-15-21-13-14-23(17-27(21)30(29)32-19-20-7-2-1-3-8-20)25-11-6-12-26-24-10-5-4-9-22(24)18-28(25)26/h1-17H,18-19,31H2. The molecule has 0 spiro atoms. The number of hydrogen-bond acceptors (Lipinski definition) is 2. The lowest BCUT2D eigenvalue weighted by Gasteiger charge is -2.15. The molecule has 0 radical (unpaired) electrons. The number of ether oxygens (including phenoxy) is 1. The lowest BCUT2D eigenvalue weighted by atomic mass is 9.94. The Bertz CT molecular complexity index is 1450. The van der Waals surface area contributed by atoms with Crippen LogP contribution >= 0.6 is 0 Å². The zero-order chi connectivity index (χ0) is 21.5. The van der Waals surface area contributed by atoms with Crippen molar-refractivity contribution in [2.45, 2.75) is 13.0 Å². The summed E-state index contributed by atoms with van der Waals surface area (Å²) in [7, 11) is 0. The third kappa shape index (κ3) is 3.12. The van der Waals surface area contributed by atoms with Gasteiger partial charge in [0, 0.05) is 5.39 Å². The molecule has 2 heteroatoms. The lowest BCUT2D eigenvalue weighted by molar-refractivity contribution is 0.312. The Morgan fingerprint density at radius 3 is 2.34 bits per heavy atom. The van der Waals surface area contributed by atoms with E-state index in [0.717, 1.165) is 28.5 Å². The van der Waals surface area contributed by atoms with E-state index in [4.69, 9.17) is 10.5 Å². The molecule has 2 N–H and O–H groups in total. The highest BCUT2D eigenvalue weighted by atomic mass is 16.5. The van der Waals surface area contributed by atoms with Crippen molar-refractivity contribution in [2.24, 2.45) is 0 Å². The van der Waals surface area contributed by atoms with Gasteiger partial charge in [-0.15, -0.1) is 0 Å². The summed E-state index contributed by atoms with van der Waals surface area (Å²) in [5, 5.41) is 2.17. The molecule has 0 saturated carbocycles. The molecule has 0 atom stereocenters. The molecule has 1 aliphatic rings. The van der Waals surface area contributed by atoms with Gasteiger partial charge in [-0.1, -0.05) is 91.0 Å². The first-order chi connectivity index (χ1) is 15.8. The van der Waals surface area contributed by atoms with Crippen molar-refractivity contribution >= 4 is 16.5 Å². The third-order valence-corrected chi connectivity index (χ3v) is 6.39. The van der Waals surface area contributed by atoms with Crippen LogP contribution in [0.4, 0.5) is 5.69 Å². The molecule has 1 aliphatic carbocycles. The molecular weight excluding hydrogens is 390 g/mol. The lowest BCUT2D eigenvalue weighted by Crippen LogP contribution is -1.99. The van der Waals surface area contributed by atoms with Gasteiger partial charge in [-0.05, 0) is 62.9 Å². The first kappa shape index (κ1) is 18.7. The number of rotatable bonds is 4. The summed E-state index contributed by atoms with van der Waals surface area (Å²) in [5.41, 5.74) is 16.1. The predicted molar refractivity (Wildman–Crippen MR) is 133 cm³/mol. The summed E-state index contributed by atoms with van der Waals surface area (Å²) in [6.07, 6.45) is 0.966. The molecule has 0 unspecified atom stereocenters. The smallest absolute Gasteiger partial charge is 0.150 e. The zero-order valence-electron chi connectivity index (χ0n) is 17.7. The highest BCUT2D eigenvalue weighted by molar-refractivity contribution is 5.97. The van der Waals surface area contributed by atoms with E-state index in [2.05, 4.69) is 78.9 Å². The second kappa shape index (κ2) is 7.58. The molecule has 0 aromatic heterocycles. The maximum atomic E-state index is 6.36. The largest absolute Gasteiger partial charge is 0.486 e. The minimum absolute atomic E-state index is 0.491. The van der Waals surface area contributed by atoms with Crippen molar-refractivity contribution in [1.29, 1.82) is 0 Å². The molecule has 0 heterocycles. The summed E-state index contributed by atoms with van der Waals surface area (Å²) in [6, 6.07) is 36.1. The number of nitrogen functional groups attached to an aromatic ring is 1. The van der Waals surface area contributed by atoms with Crippen LogP contribution in [0, 0.1) is 0 Å². The quantitative estimate of drug-likeness (QED) is 0.309. The average molecular weight is 414 g/mol. The summed E-state index contributed by atoms with van der Waals surface area (Å²) < 4.78 is 6.25. The van der Waals surface area contributed by atoms with Gasteiger partial charge in [0.1, 0.15) is 6.61 Å². The van der Waals surface area contributed by atoms with Gasteiger partial charge < -0.3 is 10.5 Å². The van der Waals surface area contributed by atoms with Crippen LogP contribution in [0.2, 0.25) is 0 Å². The Hall–Kier alpha value is -4.04. The van der Waals surface area contributed by atoms with Crippen molar-refractivity contribution in [1.82, 2.24) is 0 Å². The predicted octanol–water partition coefficient (Wildman–Crippen LogP) is 7.24. The van der Waals surface area contributed by atoms with Gasteiger partial charge in [-0.3, -0.25) is 0 Å². The molecule has 0 fully saturated rings. The third-order valence-electron chi connectivity index (χ3n) is 6.39. The number of benzene rings is 5. The van der Waals surface area contributed by atoms with Crippen LogP contribution in [0.5, 0.6) is 5.75 Å². The van der Waals surface area contributed by atoms with Gasteiger partial charge >= 0.3 is 0 Å². The van der Waals surface area contributed by atoms with Gasteiger partial charge in [-0.2, -0.15) is 0 Å². The summed E-state index contributed by atoms with van der Waals surface area (Å²) >= 11 is 0. The van der Waals surface area contributed by atoms with Gasteiger partial charge in [0.25, 0.3) is 0 Å². The summed E-state index contributed by atoms with van der Waals surface area (Å²) in [5.74, 6) is 0.754. The van der Waals surface area contributed by atoms with E-state index in [9.17, 15) is 0 Å². The van der Waals surface area contributed by atoms with Crippen LogP contribution in [0.25, 0.3) is 33.0 Å². The normalized spacial score (nSPS) is 11.9. The highest BCUT2D eigenvalue weighted by Gasteiger charge is 2.21. The Balaban J connectivity index is 1.44. The number of fused-ring (bicyclic) bond motifs is 4. The summed E-state index contributed by atoms with van der Waals surface area (Å²) in [4.78, 5) is 0. The molecule has 0 saturated heterocycles. The topological polar surface area (TPSA) is 35.2 Å². The average Bonchev–Trinajstić information content (AvgIpc) is 3.23. The van der Waals surface area contributed by atoms with Crippen molar-refractivity contribution in [3.8, 4) is 28.0 Å². The fourth-order valence-electron chi connectivity index (χ4n) is 4.80. The van der Waals surface area contributed by atoms with Crippen LogP contribution in [-0.4, -0.2) is 0 Å². The van der Waals surface area contributed by atoms with Gasteiger partial charge in [0.2, 0.25) is 0 Å². The molecule has 6 rings (SSSR count). The SMILES string of the molecule is Nc1ccc2ccc(-c3cccc4c3Cc3ccccc3-4)cc2c1OCc1ccccc1. The molecule has 5 aromatic carbocycles. The molecular formula is C30H23NO. The van der Waals surface area contributed by atoms with Crippen LogP contribution < -0.4 is 10.5 Å². The molecule has 5 aromatic rings. The second-order valence-electron chi connectivity index (χ2n) is 8.36. The van der Waals surface area contributed by atoms with Gasteiger partial charge in [0.15, 0.2) is 5.75 Å². The Labute approximate surface area is 187 Å². The molecule has 32 heavy (non-hydrogen) atoms. The van der Waals surface area contributed by atoms with Crippen LogP contribution in [-0.2, 0) is 13.0 Å². The van der Waals surface area contributed by atoms with Crippen LogP contribution in [0.3, 0.4) is 0 Å². The Kier molecular flexibility index (Phi) is 4.43. The van der Waals surface area contributed by atoms with Crippen molar-refractivity contribution < 1.29 is 4.74 Å². The van der Waals surface area contributed by atoms with E-state index >= 15 is 0 Å². The van der Waals surface area contributed by atoms with Crippen molar-refractivity contribution in [3.63, 3.8) is 0 Å². The zero-order valence-corrected chi connectivity index (χ0v) is 17.7. The number of hydrogen-bond donors (Lipinski definition) is 1. The highest BCUT2D eigenvalue weighted by Crippen LogP contribution is 2.43. The second-order valence-corrected chi connectivity index (χ2v) is 8.36. The molecule has 2 nitrogen and oxygen atoms in total. The fraction of sp³-hybridized carbons (Fsp3) is 0.0667. The maximum absolute atomic E-state index is 6.36. The molecule has 154 valence electrons. The maximum Gasteiger partial charge on any atom is 0.150 e. The minimum Gasteiger partial charge on any atom is -0.486 e. The summed E-state index contributed by atoms with van der Waals surface area (Å²) in [6.45, 7) is 0.491. The van der Waals surface area contributed by atoms with Gasteiger partial charge in [0.05, 0.1) is 5.69 Å². The van der Waals surface area contributed by atoms with E-state index in [0.29, 0.717) is 12.3 Å². The fourth-order valence-corrected chi connectivity index (χ4v) is 4.80. The van der Waals surface area contributed by atoms with E-state index < -0.39 is 0 Å². The number of nitrogens with two attached hydrogens (primary N) is 1. The first-order valence-corrected chi connectivity index (χ1v) is 11.0. The minimum atomic E-state index is 0.491. The van der Waals surface area contributed by atoms with E-state index in [1.54, 1.807) is 0 Å².